The van der Waals surface area contributed by atoms with Crippen LogP contribution in [0.4, 0.5) is 15.8 Å². The molecule has 2 rings (SSSR count). The predicted octanol–water partition coefficient (Wildman–Crippen LogP) is 2.89. The van der Waals surface area contributed by atoms with Crippen LogP contribution in [0.15, 0.2) is 35.1 Å². The third-order valence-corrected chi connectivity index (χ3v) is 3.26. The maximum absolute atomic E-state index is 13.6. The van der Waals surface area contributed by atoms with E-state index in [2.05, 4.69) is 26.3 Å². The highest BCUT2D eigenvalue weighted by Gasteiger charge is 2.20. The zero-order chi connectivity index (χ0) is 15.6. The first-order valence-corrected chi connectivity index (χ1v) is 6.62. The first kappa shape index (κ1) is 15.1. The second-order valence-corrected chi connectivity index (χ2v) is 5.14. The number of carbonyl (C=O) groups excluding carboxylic acids is 1. The summed E-state index contributed by atoms with van der Waals surface area (Å²) in [4.78, 5) is 22.0. The van der Waals surface area contributed by atoms with Crippen LogP contribution in [0.5, 0.6) is 0 Å². The molecule has 0 aliphatic carbocycles. The topological polar surface area (TPSA) is 90.1 Å². The van der Waals surface area contributed by atoms with Crippen LogP contribution in [-0.2, 0) is 4.79 Å². The Kier molecular flexibility index (Phi) is 4.32. The molecule has 1 atom stereocenters. The quantitative estimate of drug-likeness (QED) is 0.673. The third-order valence-electron chi connectivity index (χ3n) is 2.76. The first-order valence-electron chi connectivity index (χ1n) is 5.83. The molecule has 21 heavy (non-hydrogen) atoms. The second-order valence-electron chi connectivity index (χ2n) is 4.23. The van der Waals surface area contributed by atoms with Gasteiger partial charge in [0.1, 0.15) is 24.3 Å². The molecule has 7 nitrogen and oxygen atoms in total. The first-order chi connectivity index (χ1) is 9.88. The van der Waals surface area contributed by atoms with Crippen LogP contribution >= 0.6 is 15.9 Å². The molecule has 110 valence electrons. The minimum Gasteiger partial charge on any atom is -0.322 e. The average molecular weight is 357 g/mol. The fourth-order valence-electron chi connectivity index (χ4n) is 1.58. The average Bonchev–Trinajstić information content (AvgIpc) is 2.90. The standard InChI is InChI=1S/C12H10BrFN4O3/c1-7(17-6-9(5-15-17)18(20)21)12(19)16-11-3-2-8(13)4-10(11)14/h2-7H,1H3,(H,16,19). The van der Waals surface area contributed by atoms with Gasteiger partial charge < -0.3 is 5.32 Å². The molecule has 1 heterocycles. The molecule has 0 saturated heterocycles. The number of benzene rings is 1. The predicted molar refractivity (Wildman–Crippen MR) is 76.3 cm³/mol. The van der Waals surface area contributed by atoms with Gasteiger partial charge in [-0.1, -0.05) is 15.9 Å². The Balaban J connectivity index is 2.13. The Morgan fingerprint density at radius 3 is 2.86 bits per heavy atom. The van der Waals surface area contributed by atoms with E-state index < -0.39 is 22.7 Å². The molecule has 0 radical (unpaired) electrons. The number of aromatic nitrogens is 2. The minimum absolute atomic E-state index is 0.0247. The normalized spacial score (nSPS) is 12.0. The van der Waals surface area contributed by atoms with Crippen molar-refractivity contribution in [3.63, 3.8) is 0 Å². The van der Waals surface area contributed by atoms with Gasteiger partial charge >= 0.3 is 5.69 Å². The van der Waals surface area contributed by atoms with Crippen LogP contribution in [0.1, 0.15) is 13.0 Å². The number of halogens is 2. The maximum Gasteiger partial charge on any atom is 0.307 e. The zero-order valence-electron chi connectivity index (χ0n) is 10.8. The van der Waals surface area contributed by atoms with Crippen molar-refractivity contribution in [3.05, 3.63) is 51.0 Å². The Labute approximate surface area is 127 Å². The highest BCUT2D eigenvalue weighted by molar-refractivity contribution is 9.10. The fourth-order valence-corrected chi connectivity index (χ4v) is 1.92. The molecule has 0 aliphatic rings. The van der Waals surface area contributed by atoms with E-state index in [4.69, 9.17) is 0 Å². The van der Waals surface area contributed by atoms with Crippen LogP contribution in [0.2, 0.25) is 0 Å². The Morgan fingerprint density at radius 1 is 1.57 bits per heavy atom. The molecule has 2 aromatic rings. The number of hydrogen-bond acceptors (Lipinski definition) is 4. The van der Waals surface area contributed by atoms with E-state index in [0.717, 1.165) is 17.1 Å². The summed E-state index contributed by atoms with van der Waals surface area (Å²) in [5, 5.41) is 16.7. The fraction of sp³-hybridized carbons (Fsp3) is 0.167. The van der Waals surface area contributed by atoms with Crippen LogP contribution < -0.4 is 5.32 Å². The second kappa shape index (κ2) is 6.00. The third kappa shape index (κ3) is 3.43. The van der Waals surface area contributed by atoms with Gasteiger partial charge in [-0.2, -0.15) is 5.10 Å². The van der Waals surface area contributed by atoms with Crippen LogP contribution in [0.25, 0.3) is 0 Å². The molecule has 0 fully saturated rings. The van der Waals surface area contributed by atoms with Crippen molar-refractivity contribution in [2.45, 2.75) is 13.0 Å². The van der Waals surface area contributed by atoms with Crippen molar-refractivity contribution in [3.8, 4) is 0 Å². The van der Waals surface area contributed by atoms with Gasteiger partial charge in [0.15, 0.2) is 0 Å². The van der Waals surface area contributed by atoms with Gasteiger partial charge in [0, 0.05) is 4.47 Å². The highest BCUT2D eigenvalue weighted by Crippen LogP contribution is 2.21. The Bertz CT molecular complexity index is 704. The van der Waals surface area contributed by atoms with E-state index in [0.29, 0.717) is 4.47 Å². The number of anilines is 1. The van der Waals surface area contributed by atoms with Crippen molar-refractivity contribution in [2.75, 3.05) is 5.32 Å². The van der Waals surface area contributed by atoms with E-state index in [1.165, 1.54) is 19.1 Å². The number of nitrogens with one attached hydrogen (secondary N) is 1. The van der Waals surface area contributed by atoms with E-state index in [1.54, 1.807) is 6.07 Å². The van der Waals surface area contributed by atoms with E-state index in [-0.39, 0.29) is 11.4 Å². The number of nitrogens with zero attached hydrogens (tertiary/aromatic N) is 3. The molecule has 1 aromatic heterocycles. The highest BCUT2D eigenvalue weighted by atomic mass is 79.9. The van der Waals surface area contributed by atoms with Crippen molar-refractivity contribution < 1.29 is 14.1 Å². The molecule has 0 saturated carbocycles. The molecule has 1 aromatic carbocycles. The SMILES string of the molecule is CC(C(=O)Nc1ccc(Br)cc1F)n1cc([N+](=O)[O-])cn1. The van der Waals surface area contributed by atoms with Gasteiger partial charge in [-0.25, -0.2) is 4.39 Å². The van der Waals surface area contributed by atoms with Crippen molar-refractivity contribution >= 4 is 33.2 Å². The molecular weight excluding hydrogens is 347 g/mol. The summed E-state index contributed by atoms with van der Waals surface area (Å²) in [6, 6.07) is 3.40. The molecule has 9 heteroatoms. The number of hydrogen-bond donors (Lipinski definition) is 1. The largest absolute Gasteiger partial charge is 0.322 e. The van der Waals surface area contributed by atoms with Gasteiger partial charge in [0.25, 0.3) is 0 Å². The van der Waals surface area contributed by atoms with Crippen LogP contribution in [-0.4, -0.2) is 20.6 Å². The summed E-state index contributed by atoms with van der Waals surface area (Å²) < 4.78 is 15.3. The molecule has 0 aliphatic heterocycles. The number of nitro groups is 1. The lowest BCUT2D eigenvalue weighted by molar-refractivity contribution is -0.385. The van der Waals surface area contributed by atoms with E-state index in [1.807, 2.05) is 0 Å². The Hall–Kier alpha value is -2.29. The van der Waals surface area contributed by atoms with Crippen molar-refractivity contribution in [1.29, 1.82) is 0 Å². The number of rotatable bonds is 4. The summed E-state index contributed by atoms with van der Waals surface area (Å²) in [5.74, 6) is -1.12. The smallest absolute Gasteiger partial charge is 0.307 e. The summed E-state index contributed by atoms with van der Waals surface area (Å²) in [6.45, 7) is 1.50. The lowest BCUT2D eigenvalue weighted by Gasteiger charge is -2.12. The van der Waals surface area contributed by atoms with Gasteiger partial charge in [0.2, 0.25) is 5.91 Å². The van der Waals surface area contributed by atoms with Gasteiger partial charge in [-0.05, 0) is 25.1 Å². The van der Waals surface area contributed by atoms with Gasteiger partial charge in [-0.3, -0.25) is 19.6 Å². The zero-order valence-corrected chi connectivity index (χ0v) is 12.4. The summed E-state index contributed by atoms with van der Waals surface area (Å²) in [5.41, 5.74) is -0.193. The lowest BCUT2D eigenvalue weighted by Crippen LogP contribution is -2.24. The monoisotopic (exact) mass is 356 g/mol. The summed E-state index contributed by atoms with van der Waals surface area (Å²) in [7, 11) is 0. The minimum atomic E-state index is -0.818. The molecular formula is C12H10BrFN4O3. The van der Waals surface area contributed by atoms with Crippen molar-refractivity contribution in [2.24, 2.45) is 0 Å². The van der Waals surface area contributed by atoms with E-state index in [9.17, 15) is 19.3 Å². The van der Waals surface area contributed by atoms with Gasteiger partial charge in [0.05, 0.1) is 10.6 Å². The summed E-state index contributed by atoms with van der Waals surface area (Å²) >= 11 is 3.11. The number of carbonyl (C=O) groups is 1. The Morgan fingerprint density at radius 2 is 2.29 bits per heavy atom. The molecule has 0 spiro atoms. The van der Waals surface area contributed by atoms with Crippen LogP contribution in [0.3, 0.4) is 0 Å². The van der Waals surface area contributed by atoms with Crippen LogP contribution in [0, 0.1) is 15.9 Å². The number of amides is 1. The lowest BCUT2D eigenvalue weighted by atomic mass is 10.2. The molecule has 0 bridgehead atoms. The van der Waals surface area contributed by atoms with Crippen molar-refractivity contribution in [1.82, 2.24) is 9.78 Å². The van der Waals surface area contributed by atoms with Gasteiger partial charge in [-0.15, -0.1) is 0 Å². The molecule has 1 amide bonds. The maximum atomic E-state index is 13.6. The molecule has 1 N–H and O–H groups in total. The van der Waals surface area contributed by atoms with E-state index >= 15 is 0 Å². The summed E-state index contributed by atoms with van der Waals surface area (Å²) in [6.07, 6.45) is 2.19. The molecule has 1 unspecified atom stereocenters.